The maximum atomic E-state index is 12.0. The summed E-state index contributed by atoms with van der Waals surface area (Å²) in [6, 6.07) is 9.88. The van der Waals surface area contributed by atoms with E-state index in [-0.39, 0.29) is 5.97 Å². The lowest BCUT2D eigenvalue weighted by atomic mass is 9.84. The van der Waals surface area contributed by atoms with Crippen LogP contribution in [-0.4, -0.2) is 18.6 Å². The van der Waals surface area contributed by atoms with Crippen LogP contribution in [0.25, 0.3) is 5.57 Å². The van der Waals surface area contributed by atoms with Crippen LogP contribution in [-0.2, 0) is 9.53 Å². The van der Waals surface area contributed by atoms with Gasteiger partial charge in [-0.15, -0.1) is 0 Å². The summed E-state index contributed by atoms with van der Waals surface area (Å²) in [6.45, 7) is 5.74. The van der Waals surface area contributed by atoms with Crippen molar-refractivity contribution in [2.75, 3.05) is 7.11 Å². The summed E-state index contributed by atoms with van der Waals surface area (Å²) < 4.78 is 4.89. The maximum Gasteiger partial charge on any atom is 0.317 e. The van der Waals surface area contributed by atoms with E-state index >= 15 is 0 Å². The van der Waals surface area contributed by atoms with Crippen molar-refractivity contribution in [1.29, 1.82) is 0 Å². The van der Waals surface area contributed by atoms with Gasteiger partial charge in [-0.2, -0.15) is 10.2 Å². The summed E-state index contributed by atoms with van der Waals surface area (Å²) in [7, 11) is 1.40. The van der Waals surface area contributed by atoms with Crippen LogP contribution in [0.4, 0.5) is 0 Å². The van der Waals surface area contributed by atoms with Crippen molar-refractivity contribution in [3.63, 3.8) is 0 Å². The van der Waals surface area contributed by atoms with Crippen molar-refractivity contribution < 1.29 is 9.53 Å². The van der Waals surface area contributed by atoms with E-state index in [4.69, 9.17) is 4.74 Å². The van der Waals surface area contributed by atoms with E-state index in [2.05, 4.69) is 10.2 Å². The number of azo groups is 1. The number of methoxy groups -OCH3 is 1. The molecular formula is C15H18N2O2. The number of carbonyl (C=O) groups is 1. The van der Waals surface area contributed by atoms with Crippen LogP contribution in [0.5, 0.6) is 0 Å². The number of ether oxygens (including phenoxy) is 1. The maximum absolute atomic E-state index is 12.0. The molecule has 0 bridgehead atoms. The van der Waals surface area contributed by atoms with Gasteiger partial charge in [-0.25, -0.2) is 0 Å². The van der Waals surface area contributed by atoms with Crippen LogP contribution in [0.1, 0.15) is 26.3 Å². The molecule has 1 aromatic rings. The molecule has 19 heavy (non-hydrogen) atoms. The third-order valence-electron chi connectivity index (χ3n) is 3.42. The van der Waals surface area contributed by atoms with Gasteiger partial charge in [-0.3, -0.25) is 4.79 Å². The Hall–Kier alpha value is -1.97. The Balaban J connectivity index is 2.49. The SMILES string of the molecule is COC(=O)C1/C(=C(\C)c2ccccc2)N=NC1(C)C. The summed E-state index contributed by atoms with van der Waals surface area (Å²) in [5, 5.41) is 8.43. The van der Waals surface area contributed by atoms with Gasteiger partial charge in [0.2, 0.25) is 0 Å². The van der Waals surface area contributed by atoms with Gasteiger partial charge < -0.3 is 4.74 Å². The molecule has 0 fully saturated rings. The van der Waals surface area contributed by atoms with Crippen LogP contribution < -0.4 is 0 Å². The highest BCUT2D eigenvalue weighted by atomic mass is 16.5. The Morgan fingerprint density at radius 2 is 1.89 bits per heavy atom. The second-order valence-corrected chi connectivity index (χ2v) is 5.19. The van der Waals surface area contributed by atoms with Crippen LogP contribution in [0.15, 0.2) is 46.3 Å². The highest BCUT2D eigenvalue weighted by molar-refractivity contribution is 5.82. The molecule has 1 heterocycles. The Kier molecular flexibility index (Phi) is 3.51. The van der Waals surface area contributed by atoms with Gasteiger partial charge in [0.15, 0.2) is 0 Å². The number of benzene rings is 1. The fraction of sp³-hybridized carbons (Fsp3) is 0.400. The molecule has 0 N–H and O–H groups in total. The predicted molar refractivity (Wildman–Crippen MR) is 73.5 cm³/mol. The largest absolute Gasteiger partial charge is 0.468 e. The van der Waals surface area contributed by atoms with Gasteiger partial charge in [0.25, 0.3) is 0 Å². The lowest BCUT2D eigenvalue weighted by Gasteiger charge is -2.21. The lowest BCUT2D eigenvalue weighted by Crippen LogP contribution is -2.33. The van der Waals surface area contributed by atoms with Crippen molar-refractivity contribution >= 4 is 11.5 Å². The third-order valence-corrected chi connectivity index (χ3v) is 3.42. The van der Waals surface area contributed by atoms with Gasteiger partial charge in [0.1, 0.15) is 5.92 Å². The van der Waals surface area contributed by atoms with Gasteiger partial charge in [-0.05, 0) is 31.9 Å². The summed E-state index contributed by atoms with van der Waals surface area (Å²) in [5.74, 6) is -0.738. The standard InChI is InChI=1S/C15H18N2O2/c1-10(11-8-6-5-7-9-11)13-12(14(18)19-4)15(2,3)17-16-13/h5-9,12H,1-4H3/b13-10-. The van der Waals surface area contributed by atoms with Crippen LogP contribution in [0.2, 0.25) is 0 Å². The van der Waals surface area contributed by atoms with E-state index in [9.17, 15) is 4.79 Å². The highest BCUT2D eigenvalue weighted by Crippen LogP contribution is 2.40. The third kappa shape index (κ3) is 2.43. The van der Waals surface area contributed by atoms with Gasteiger partial charge >= 0.3 is 5.97 Å². The molecule has 1 atom stereocenters. The molecule has 0 aliphatic carbocycles. The topological polar surface area (TPSA) is 51.0 Å². The summed E-state index contributed by atoms with van der Waals surface area (Å²) in [5.41, 5.74) is 2.15. The normalized spacial score (nSPS) is 23.3. The molecule has 4 heteroatoms. The molecule has 0 radical (unpaired) electrons. The zero-order valence-electron chi connectivity index (χ0n) is 11.7. The van der Waals surface area contributed by atoms with E-state index in [1.54, 1.807) is 0 Å². The number of carbonyl (C=O) groups excluding carboxylic acids is 1. The van der Waals surface area contributed by atoms with E-state index < -0.39 is 11.5 Å². The molecule has 1 aliphatic heterocycles. The zero-order chi connectivity index (χ0) is 14.0. The summed E-state index contributed by atoms with van der Waals surface area (Å²) >= 11 is 0. The average molecular weight is 258 g/mol. The average Bonchev–Trinajstić information content (AvgIpc) is 2.73. The predicted octanol–water partition coefficient (Wildman–Crippen LogP) is 3.45. The van der Waals surface area contributed by atoms with E-state index in [0.717, 1.165) is 11.1 Å². The van der Waals surface area contributed by atoms with Crippen molar-refractivity contribution in [2.24, 2.45) is 16.1 Å². The zero-order valence-corrected chi connectivity index (χ0v) is 11.7. The molecule has 4 nitrogen and oxygen atoms in total. The smallest absolute Gasteiger partial charge is 0.317 e. The molecule has 0 aromatic heterocycles. The molecule has 100 valence electrons. The molecule has 1 aromatic carbocycles. The fourth-order valence-corrected chi connectivity index (χ4v) is 2.28. The fourth-order valence-electron chi connectivity index (χ4n) is 2.28. The van der Waals surface area contributed by atoms with Crippen LogP contribution in [0.3, 0.4) is 0 Å². The minimum Gasteiger partial charge on any atom is -0.468 e. The van der Waals surface area contributed by atoms with Gasteiger partial charge in [0, 0.05) is 0 Å². The minimum atomic E-state index is -0.557. The first-order chi connectivity index (χ1) is 8.97. The molecule has 0 saturated carbocycles. The molecule has 1 unspecified atom stereocenters. The quantitative estimate of drug-likeness (QED) is 0.763. The Morgan fingerprint density at radius 1 is 1.26 bits per heavy atom. The van der Waals surface area contributed by atoms with Crippen molar-refractivity contribution in [2.45, 2.75) is 26.3 Å². The van der Waals surface area contributed by atoms with E-state index in [0.29, 0.717) is 5.70 Å². The number of nitrogens with zero attached hydrogens (tertiary/aromatic N) is 2. The second kappa shape index (κ2) is 4.96. The molecule has 0 saturated heterocycles. The Labute approximate surface area is 113 Å². The van der Waals surface area contributed by atoms with Crippen LogP contribution >= 0.6 is 0 Å². The molecule has 0 amide bonds. The summed E-state index contributed by atoms with van der Waals surface area (Å²) in [4.78, 5) is 12.0. The number of hydrogen-bond acceptors (Lipinski definition) is 4. The molecular weight excluding hydrogens is 240 g/mol. The first kappa shape index (κ1) is 13.5. The van der Waals surface area contributed by atoms with Gasteiger partial charge in [0.05, 0.1) is 18.3 Å². The van der Waals surface area contributed by atoms with Crippen molar-refractivity contribution in [3.8, 4) is 0 Å². The first-order valence-corrected chi connectivity index (χ1v) is 6.24. The monoisotopic (exact) mass is 258 g/mol. The number of allylic oxidation sites excluding steroid dienone is 1. The molecule has 2 rings (SSSR count). The molecule has 1 aliphatic rings. The van der Waals surface area contributed by atoms with E-state index in [1.165, 1.54) is 7.11 Å². The first-order valence-electron chi connectivity index (χ1n) is 6.24. The van der Waals surface area contributed by atoms with Crippen LogP contribution in [0, 0.1) is 5.92 Å². The van der Waals surface area contributed by atoms with Crippen molar-refractivity contribution in [3.05, 3.63) is 41.6 Å². The van der Waals surface area contributed by atoms with Gasteiger partial charge in [-0.1, -0.05) is 30.3 Å². The minimum absolute atomic E-state index is 0.291. The number of rotatable bonds is 2. The van der Waals surface area contributed by atoms with Crippen molar-refractivity contribution in [1.82, 2.24) is 0 Å². The Bertz CT molecular complexity index is 545. The Morgan fingerprint density at radius 3 is 2.47 bits per heavy atom. The summed E-state index contributed by atoms with van der Waals surface area (Å²) in [6.07, 6.45) is 0. The van der Waals surface area contributed by atoms with E-state index in [1.807, 2.05) is 51.1 Å². The molecule has 0 spiro atoms. The highest BCUT2D eigenvalue weighted by Gasteiger charge is 2.44. The number of esters is 1. The second-order valence-electron chi connectivity index (χ2n) is 5.19. The number of hydrogen-bond donors (Lipinski definition) is 0. The lowest BCUT2D eigenvalue weighted by molar-refractivity contribution is -0.145.